The Balaban J connectivity index is 1.94. The van der Waals surface area contributed by atoms with E-state index in [1.165, 1.54) is 135 Å². The van der Waals surface area contributed by atoms with E-state index in [2.05, 4.69) is 32.4 Å². The number of hydrogen-bond donors (Lipinski definition) is 0. The van der Waals surface area contributed by atoms with Gasteiger partial charge in [-0.05, 0) is 95.5 Å². The average Bonchev–Trinajstić information content (AvgIpc) is 3.57. The molecule has 0 aromatic carbocycles. The minimum Gasteiger partial charge on any atom is -0.354 e. The van der Waals surface area contributed by atoms with Crippen molar-refractivity contribution in [2.24, 2.45) is 0 Å². The van der Waals surface area contributed by atoms with Gasteiger partial charge in [0, 0.05) is 0 Å². The van der Waals surface area contributed by atoms with E-state index in [0.29, 0.717) is 0 Å². The molecular weight excluding hydrogens is 393 g/mol. The third-order valence-corrected chi connectivity index (χ3v) is 12.4. The van der Waals surface area contributed by atoms with Crippen molar-refractivity contribution in [2.75, 3.05) is 19.6 Å². The molecule has 0 aromatic rings. The van der Waals surface area contributed by atoms with Gasteiger partial charge in [-0.15, -0.1) is 0 Å². The van der Waals surface area contributed by atoms with Gasteiger partial charge >= 0.3 is 14.8 Å². The Morgan fingerprint density at radius 3 is 0.968 bits per heavy atom. The van der Waals surface area contributed by atoms with Gasteiger partial charge in [0.05, 0.1) is 0 Å². The largest absolute Gasteiger partial charge is 0.609 e. The molecular formula is C27H54AlN3. The summed E-state index contributed by atoms with van der Waals surface area (Å²) in [5.74, 6) is 0. The summed E-state index contributed by atoms with van der Waals surface area (Å²) in [6, 6.07) is 2.66. The van der Waals surface area contributed by atoms with Gasteiger partial charge in [-0.25, -0.2) is 0 Å². The van der Waals surface area contributed by atoms with Crippen LogP contribution in [0.15, 0.2) is 0 Å². The molecule has 3 aliphatic rings. The van der Waals surface area contributed by atoms with E-state index < -0.39 is 14.8 Å². The highest BCUT2D eigenvalue weighted by Crippen LogP contribution is 2.34. The molecule has 3 fully saturated rings. The molecule has 0 saturated heterocycles. The highest BCUT2D eigenvalue weighted by Gasteiger charge is 2.49. The zero-order valence-electron chi connectivity index (χ0n) is 21.5. The van der Waals surface area contributed by atoms with Gasteiger partial charge in [-0.2, -0.15) is 0 Å². The lowest BCUT2D eigenvalue weighted by molar-refractivity contribution is 0.174. The minimum absolute atomic E-state index is 0.888. The lowest BCUT2D eigenvalue weighted by atomic mass is 10.2. The molecule has 0 N–H and O–H groups in total. The van der Waals surface area contributed by atoms with Crippen molar-refractivity contribution in [2.45, 2.75) is 154 Å². The summed E-state index contributed by atoms with van der Waals surface area (Å²) in [6.07, 6.45) is 26.0. The van der Waals surface area contributed by atoms with Gasteiger partial charge in [0.25, 0.3) is 0 Å². The third-order valence-electron chi connectivity index (χ3n) is 8.58. The van der Waals surface area contributed by atoms with Crippen molar-refractivity contribution in [3.8, 4) is 0 Å². The van der Waals surface area contributed by atoms with Crippen molar-refractivity contribution in [1.82, 2.24) is 11.7 Å². The summed E-state index contributed by atoms with van der Waals surface area (Å²) in [7, 11) is 0. The average molecular weight is 448 g/mol. The fourth-order valence-electron chi connectivity index (χ4n) is 6.76. The number of nitrogens with zero attached hydrogens (tertiary/aromatic N) is 3. The standard InChI is InChI=1S/3C9H18N.Al/c3*1-2-3-8-10-9-6-4-5-7-9;/h3*9H,2-8H2,1H3;/q3*-1;+3. The SMILES string of the molecule is CCCC[N](C1CCCC1)[Al]([N](CCCC)C1CCCC1)[N](CCCC)C1CCCC1. The number of unbranched alkanes of at least 4 members (excludes halogenated alkanes) is 3. The summed E-state index contributed by atoms with van der Waals surface area (Å²) in [5.41, 5.74) is 0. The molecule has 3 saturated carbocycles. The second-order valence-electron chi connectivity index (χ2n) is 10.9. The van der Waals surface area contributed by atoms with Crippen molar-refractivity contribution < 1.29 is 0 Å². The summed E-state index contributed by atoms with van der Waals surface area (Å²) in [4.78, 5) is 0. The summed E-state index contributed by atoms with van der Waals surface area (Å²) in [5, 5.41) is 0. The van der Waals surface area contributed by atoms with Crippen LogP contribution in [-0.2, 0) is 0 Å². The van der Waals surface area contributed by atoms with Crippen molar-refractivity contribution >= 4 is 14.8 Å². The molecule has 0 aromatic heterocycles. The predicted molar refractivity (Wildman–Crippen MR) is 137 cm³/mol. The normalized spacial score (nSPS) is 21.5. The topological polar surface area (TPSA) is 9.72 Å². The van der Waals surface area contributed by atoms with Gasteiger partial charge in [0.1, 0.15) is 0 Å². The first kappa shape index (κ1) is 26.0. The number of rotatable bonds is 15. The molecule has 31 heavy (non-hydrogen) atoms. The quantitative estimate of drug-likeness (QED) is 0.248. The van der Waals surface area contributed by atoms with E-state index in [1.54, 1.807) is 0 Å². The maximum Gasteiger partial charge on any atom is 0.609 e. The lowest BCUT2D eigenvalue weighted by Crippen LogP contribution is -2.69. The van der Waals surface area contributed by atoms with E-state index in [9.17, 15) is 0 Å². The molecule has 0 aliphatic heterocycles. The fourth-order valence-corrected chi connectivity index (χ4v) is 11.2. The Morgan fingerprint density at radius 2 is 0.742 bits per heavy atom. The maximum absolute atomic E-state index is 3.21. The number of hydrogen-bond acceptors (Lipinski definition) is 3. The van der Waals surface area contributed by atoms with Crippen LogP contribution in [0.5, 0.6) is 0 Å². The van der Waals surface area contributed by atoms with E-state index in [4.69, 9.17) is 0 Å². The Hall–Kier alpha value is 0.412. The molecule has 3 rings (SSSR count). The predicted octanol–water partition coefficient (Wildman–Crippen LogP) is 7.11. The first-order chi connectivity index (χ1) is 15.3. The van der Waals surface area contributed by atoms with Crippen LogP contribution >= 0.6 is 0 Å². The van der Waals surface area contributed by atoms with Gasteiger partial charge in [0.15, 0.2) is 0 Å². The summed E-state index contributed by atoms with van der Waals surface area (Å²) < 4.78 is 9.62. The molecule has 0 unspecified atom stereocenters. The monoisotopic (exact) mass is 447 g/mol. The molecule has 0 radical (unpaired) electrons. The third kappa shape index (κ3) is 7.45. The highest BCUT2D eigenvalue weighted by atomic mass is 27.2. The summed E-state index contributed by atoms with van der Waals surface area (Å²) in [6.45, 7) is 11.3. The van der Waals surface area contributed by atoms with Gasteiger partial charge < -0.3 is 11.7 Å². The molecule has 0 amide bonds. The first-order valence-electron chi connectivity index (χ1n) is 14.6. The first-order valence-corrected chi connectivity index (χ1v) is 16.1. The van der Waals surface area contributed by atoms with Crippen LogP contribution in [0.3, 0.4) is 0 Å². The van der Waals surface area contributed by atoms with Crippen molar-refractivity contribution in [3.05, 3.63) is 0 Å². The maximum atomic E-state index is 3.21. The van der Waals surface area contributed by atoms with Crippen LogP contribution in [0.1, 0.15) is 136 Å². The molecule has 180 valence electrons. The molecule has 3 nitrogen and oxygen atoms in total. The van der Waals surface area contributed by atoms with Crippen LogP contribution in [-0.4, -0.2) is 64.2 Å². The zero-order valence-corrected chi connectivity index (χ0v) is 22.7. The Morgan fingerprint density at radius 1 is 0.484 bits per heavy atom. The second kappa shape index (κ2) is 14.6. The lowest BCUT2D eigenvalue weighted by Gasteiger charge is -2.48. The van der Waals surface area contributed by atoms with Gasteiger partial charge in [-0.1, -0.05) is 78.6 Å². The van der Waals surface area contributed by atoms with E-state index in [-0.39, 0.29) is 0 Å². The Labute approximate surface area is 200 Å². The zero-order chi connectivity index (χ0) is 21.9. The van der Waals surface area contributed by atoms with Crippen molar-refractivity contribution in [1.29, 1.82) is 0 Å². The molecule has 4 heteroatoms. The molecule has 0 spiro atoms. The summed E-state index contributed by atoms with van der Waals surface area (Å²) >= 11 is -1.33. The van der Waals surface area contributed by atoms with E-state index >= 15 is 0 Å². The van der Waals surface area contributed by atoms with Crippen LogP contribution in [0.4, 0.5) is 0 Å². The smallest absolute Gasteiger partial charge is 0.354 e. The Bertz CT molecular complexity index is 389. The van der Waals surface area contributed by atoms with E-state index in [0.717, 1.165) is 18.1 Å². The minimum atomic E-state index is -1.33. The van der Waals surface area contributed by atoms with Crippen LogP contribution in [0.2, 0.25) is 0 Å². The Kier molecular flexibility index (Phi) is 12.3. The molecule has 0 atom stereocenters. The van der Waals surface area contributed by atoms with Gasteiger partial charge in [-0.3, -0.25) is 0 Å². The van der Waals surface area contributed by atoms with Gasteiger partial charge in [0.2, 0.25) is 0 Å². The molecule has 0 heterocycles. The van der Waals surface area contributed by atoms with E-state index in [1.807, 2.05) is 0 Å². The van der Waals surface area contributed by atoms with Crippen LogP contribution in [0.25, 0.3) is 0 Å². The second-order valence-corrected chi connectivity index (χ2v) is 13.6. The van der Waals surface area contributed by atoms with Crippen LogP contribution in [0, 0.1) is 0 Å². The van der Waals surface area contributed by atoms with Crippen molar-refractivity contribution in [3.63, 3.8) is 0 Å². The highest BCUT2D eigenvalue weighted by molar-refractivity contribution is 6.50. The molecule has 0 bridgehead atoms. The molecule has 3 aliphatic carbocycles. The van der Waals surface area contributed by atoms with Crippen LogP contribution < -0.4 is 0 Å². The fraction of sp³-hybridized carbons (Fsp3) is 1.00.